The van der Waals surface area contributed by atoms with Gasteiger partial charge < -0.3 is 19.1 Å². The van der Waals surface area contributed by atoms with E-state index in [-0.39, 0.29) is 36.5 Å². The number of likely N-dealkylation sites (N-methyl/N-ethyl adjacent to an activating group) is 1. The first-order chi connectivity index (χ1) is 12.0. The molecule has 1 amide bonds. The second-order valence-electron chi connectivity index (χ2n) is 6.46. The summed E-state index contributed by atoms with van der Waals surface area (Å²) in [5.41, 5.74) is 0. The minimum absolute atomic E-state index is 0.0672. The molecule has 1 aromatic rings. The fourth-order valence-corrected chi connectivity index (χ4v) is 4.93. The van der Waals surface area contributed by atoms with Gasteiger partial charge in [-0.3, -0.25) is 4.79 Å². The van der Waals surface area contributed by atoms with E-state index in [4.69, 9.17) is 14.2 Å². The summed E-state index contributed by atoms with van der Waals surface area (Å²) in [7, 11) is -2.04. The molecule has 0 aromatic heterocycles. The third-order valence-corrected chi connectivity index (χ3v) is 6.69. The Morgan fingerprint density at radius 3 is 2.64 bits per heavy atom. The Labute approximate surface area is 146 Å². The molecular formula is C16H20N2O6S. The van der Waals surface area contributed by atoms with Gasteiger partial charge in [0, 0.05) is 26.2 Å². The van der Waals surface area contributed by atoms with Crippen molar-refractivity contribution in [1.29, 1.82) is 0 Å². The molecule has 2 atom stereocenters. The highest BCUT2D eigenvalue weighted by Crippen LogP contribution is 2.34. The van der Waals surface area contributed by atoms with Crippen LogP contribution < -0.4 is 9.47 Å². The lowest BCUT2D eigenvalue weighted by Gasteiger charge is -2.29. The number of ether oxygens (including phenoxy) is 3. The van der Waals surface area contributed by atoms with Gasteiger partial charge in [0.05, 0.1) is 30.1 Å². The topological polar surface area (TPSA) is 85.4 Å². The molecule has 0 N–H and O–H groups in total. The number of amides is 1. The normalized spacial score (nSPS) is 27.1. The van der Waals surface area contributed by atoms with Crippen molar-refractivity contribution in [3.63, 3.8) is 0 Å². The molecule has 4 rings (SSSR count). The van der Waals surface area contributed by atoms with Gasteiger partial charge in [-0.2, -0.15) is 4.31 Å². The van der Waals surface area contributed by atoms with Crippen LogP contribution in [0, 0.1) is 5.92 Å². The van der Waals surface area contributed by atoms with E-state index in [2.05, 4.69) is 0 Å². The van der Waals surface area contributed by atoms with E-state index < -0.39 is 15.9 Å². The van der Waals surface area contributed by atoms with Gasteiger partial charge >= 0.3 is 0 Å². The molecule has 3 aliphatic heterocycles. The molecule has 0 saturated carbocycles. The van der Waals surface area contributed by atoms with Crippen LogP contribution in [0.25, 0.3) is 0 Å². The van der Waals surface area contributed by atoms with Crippen molar-refractivity contribution in [2.24, 2.45) is 5.92 Å². The van der Waals surface area contributed by atoms with Gasteiger partial charge in [-0.25, -0.2) is 8.42 Å². The van der Waals surface area contributed by atoms with Crippen molar-refractivity contribution >= 4 is 15.9 Å². The summed E-state index contributed by atoms with van der Waals surface area (Å²) in [4.78, 5) is 14.2. The second-order valence-corrected chi connectivity index (χ2v) is 8.40. The highest BCUT2D eigenvalue weighted by molar-refractivity contribution is 7.89. The summed E-state index contributed by atoms with van der Waals surface area (Å²) in [6.07, 6.45) is 0. The van der Waals surface area contributed by atoms with Gasteiger partial charge in [0.1, 0.15) is 13.2 Å². The largest absolute Gasteiger partial charge is 0.486 e. The molecule has 25 heavy (non-hydrogen) atoms. The zero-order chi connectivity index (χ0) is 17.6. The summed E-state index contributed by atoms with van der Waals surface area (Å²) in [5.74, 6) is 0.423. The number of carbonyl (C=O) groups is 1. The van der Waals surface area contributed by atoms with Crippen molar-refractivity contribution in [2.45, 2.75) is 10.9 Å². The predicted octanol–water partition coefficient (Wildman–Crippen LogP) is -0.0645. The summed E-state index contributed by atoms with van der Waals surface area (Å²) in [6.45, 7) is 1.76. The molecule has 2 saturated heterocycles. The van der Waals surface area contributed by atoms with Gasteiger partial charge in [-0.15, -0.1) is 0 Å². The fraction of sp³-hybridized carbons (Fsp3) is 0.562. The molecule has 8 nitrogen and oxygen atoms in total. The molecule has 0 unspecified atom stereocenters. The van der Waals surface area contributed by atoms with E-state index in [0.29, 0.717) is 31.3 Å². The molecule has 1 aromatic carbocycles. The fourth-order valence-electron chi connectivity index (χ4n) is 3.39. The highest BCUT2D eigenvalue weighted by Gasteiger charge is 2.41. The minimum Gasteiger partial charge on any atom is -0.486 e. The quantitative estimate of drug-likeness (QED) is 0.727. The Morgan fingerprint density at radius 2 is 1.84 bits per heavy atom. The summed E-state index contributed by atoms with van der Waals surface area (Å²) >= 11 is 0. The van der Waals surface area contributed by atoms with E-state index in [1.165, 1.54) is 16.4 Å². The van der Waals surface area contributed by atoms with E-state index >= 15 is 0 Å². The molecule has 3 aliphatic rings. The van der Waals surface area contributed by atoms with Crippen LogP contribution in [0.2, 0.25) is 0 Å². The smallest absolute Gasteiger partial charge is 0.243 e. The van der Waals surface area contributed by atoms with Crippen molar-refractivity contribution in [3.05, 3.63) is 18.2 Å². The number of rotatable bonds is 2. The Bertz CT molecular complexity index is 796. The molecule has 0 spiro atoms. The number of hydrogen-bond acceptors (Lipinski definition) is 6. The van der Waals surface area contributed by atoms with Crippen molar-refractivity contribution in [2.75, 3.05) is 46.6 Å². The third-order valence-electron chi connectivity index (χ3n) is 4.86. The molecule has 0 radical (unpaired) electrons. The maximum absolute atomic E-state index is 13.1. The SMILES string of the molecule is CN1C(=O)[C@H]2COC[C@@H]1CN(S(=O)(=O)c1ccc3c(c1)OCCO3)C2. The first-order valence-electron chi connectivity index (χ1n) is 8.21. The maximum Gasteiger partial charge on any atom is 0.243 e. The van der Waals surface area contributed by atoms with Crippen LogP contribution in [-0.4, -0.2) is 76.1 Å². The van der Waals surface area contributed by atoms with Crippen LogP contribution in [0.3, 0.4) is 0 Å². The third kappa shape index (κ3) is 2.86. The Morgan fingerprint density at radius 1 is 1.08 bits per heavy atom. The number of nitrogens with zero attached hydrogens (tertiary/aromatic N) is 2. The maximum atomic E-state index is 13.1. The van der Waals surface area contributed by atoms with Crippen LogP contribution in [0.5, 0.6) is 11.5 Å². The van der Waals surface area contributed by atoms with E-state index in [1.807, 2.05) is 0 Å². The van der Waals surface area contributed by atoms with Gasteiger partial charge in [-0.05, 0) is 12.1 Å². The van der Waals surface area contributed by atoms with Crippen LogP contribution in [0.1, 0.15) is 0 Å². The van der Waals surface area contributed by atoms with Gasteiger partial charge in [0.15, 0.2) is 11.5 Å². The zero-order valence-electron chi connectivity index (χ0n) is 13.9. The van der Waals surface area contributed by atoms with Crippen LogP contribution in [-0.2, 0) is 19.6 Å². The standard InChI is InChI=1S/C16H20N2O6S/c1-17-12-8-18(7-11(16(17)19)9-22-10-12)25(20,21)13-2-3-14-15(6-13)24-5-4-23-14/h2-3,6,11-12H,4-5,7-10H2,1H3/t11-,12+/m1/s1. The molecule has 136 valence electrons. The first kappa shape index (κ1) is 16.6. The number of sulfonamides is 1. The number of carbonyl (C=O) groups excluding carboxylic acids is 1. The van der Waals surface area contributed by atoms with Crippen LogP contribution >= 0.6 is 0 Å². The highest BCUT2D eigenvalue weighted by atomic mass is 32.2. The van der Waals surface area contributed by atoms with E-state index in [1.54, 1.807) is 18.0 Å². The summed E-state index contributed by atoms with van der Waals surface area (Å²) in [5, 5.41) is 0. The van der Waals surface area contributed by atoms with Crippen molar-refractivity contribution in [1.82, 2.24) is 9.21 Å². The molecule has 3 heterocycles. The Kier molecular flexibility index (Phi) is 4.09. The monoisotopic (exact) mass is 368 g/mol. The lowest BCUT2D eigenvalue weighted by Crippen LogP contribution is -2.45. The van der Waals surface area contributed by atoms with Crippen molar-refractivity contribution < 1.29 is 27.4 Å². The summed E-state index contributed by atoms with van der Waals surface area (Å²) in [6, 6.07) is 4.34. The number of fused-ring (bicyclic) bond motifs is 4. The van der Waals surface area contributed by atoms with Gasteiger partial charge in [-0.1, -0.05) is 0 Å². The Balaban J connectivity index is 1.67. The second kappa shape index (κ2) is 6.15. The van der Waals surface area contributed by atoms with E-state index in [0.717, 1.165) is 0 Å². The zero-order valence-corrected chi connectivity index (χ0v) is 14.7. The molecule has 0 aliphatic carbocycles. The Hall–Kier alpha value is -1.84. The van der Waals surface area contributed by atoms with Gasteiger partial charge in [0.25, 0.3) is 0 Å². The number of hydrogen-bond donors (Lipinski definition) is 0. The lowest BCUT2D eigenvalue weighted by atomic mass is 10.1. The van der Waals surface area contributed by atoms with Crippen LogP contribution in [0.4, 0.5) is 0 Å². The average molecular weight is 368 g/mol. The van der Waals surface area contributed by atoms with Crippen LogP contribution in [0.15, 0.2) is 23.1 Å². The molecule has 9 heteroatoms. The average Bonchev–Trinajstić information content (AvgIpc) is 2.79. The summed E-state index contributed by atoms with van der Waals surface area (Å²) < 4.78 is 44.1. The van der Waals surface area contributed by atoms with Gasteiger partial charge in [0.2, 0.25) is 15.9 Å². The first-order valence-corrected chi connectivity index (χ1v) is 9.65. The minimum atomic E-state index is -3.74. The molecule has 2 fully saturated rings. The van der Waals surface area contributed by atoms with Crippen molar-refractivity contribution in [3.8, 4) is 11.5 Å². The predicted molar refractivity (Wildman–Crippen MR) is 87.1 cm³/mol. The van der Waals surface area contributed by atoms with E-state index in [9.17, 15) is 13.2 Å². The molecule has 2 bridgehead atoms. The lowest BCUT2D eigenvalue weighted by molar-refractivity contribution is -0.133. The number of benzene rings is 1. The molecular weight excluding hydrogens is 348 g/mol.